The van der Waals surface area contributed by atoms with Gasteiger partial charge in [0.25, 0.3) is 5.91 Å². The van der Waals surface area contributed by atoms with Crippen molar-refractivity contribution in [1.82, 2.24) is 19.7 Å². The van der Waals surface area contributed by atoms with Crippen LogP contribution in [0.15, 0.2) is 17.5 Å². The number of hydrogen-bond donors (Lipinski definition) is 4. The second-order valence-corrected chi connectivity index (χ2v) is 10.7. The van der Waals surface area contributed by atoms with E-state index in [0.29, 0.717) is 29.9 Å². The number of aliphatic hydroxyl groups is 1. The zero-order chi connectivity index (χ0) is 22.8. The highest BCUT2D eigenvalue weighted by atomic mass is 32.1. The summed E-state index contributed by atoms with van der Waals surface area (Å²) in [6.07, 6.45) is 4.98. The number of carbonyl (C=O) groups excluding carboxylic acids is 1. The summed E-state index contributed by atoms with van der Waals surface area (Å²) in [5.74, 6) is 1.09. The van der Waals surface area contributed by atoms with Crippen LogP contribution in [-0.2, 0) is 4.74 Å². The van der Waals surface area contributed by atoms with Crippen molar-refractivity contribution >= 4 is 55.8 Å². The first-order valence-electron chi connectivity index (χ1n) is 11.3. The molecule has 0 unspecified atom stereocenters. The van der Waals surface area contributed by atoms with Crippen LogP contribution in [-0.4, -0.2) is 56.3 Å². The van der Waals surface area contributed by atoms with E-state index in [-0.39, 0.29) is 18.0 Å². The van der Waals surface area contributed by atoms with Gasteiger partial charge >= 0.3 is 0 Å². The lowest BCUT2D eigenvalue weighted by molar-refractivity contribution is 0.0196. The van der Waals surface area contributed by atoms with Crippen LogP contribution in [0.2, 0.25) is 0 Å². The van der Waals surface area contributed by atoms with Gasteiger partial charge in [0.05, 0.1) is 15.8 Å². The molecule has 1 amide bonds. The Hall–Kier alpha value is -2.34. The fourth-order valence-corrected chi connectivity index (χ4v) is 5.66. The summed E-state index contributed by atoms with van der Waals surface area (Å²) in [7, 11) is 0. The highest BCUT2D eigenvalue weighted by Gasteiger charge is 2.29. The molecule has 3 aromatic rings. The fraction of sp³-hybridized carbons (Fsp3) is 0.545. The lowest BCUT2D eigenvalue weighted by Crippen LogP contribution is -2.38. The van der Waals surface area contributed by atoms with E-state index in [9.17, 15) is 9.90 Å². The molecule has 1 aliphatic heterocycles. The first-order valence-corrected chi connectivity index (χ1v) is 13.0. The van der Waals surface area contributed by atoms with Gasteiger partial charge in [-0.25, -0.2) is 4.98 Å². The van der Waals surface area contributed by atoms with Crippen LogP contribution in [0.25, 0.3) is 10.2 Å². The topological polar surface area (TPSA) is 121 Å². The summed E-state index contributed by atoms with van der Waals surface area (Å²) in [5, 5.41) is 22.8. The Morgan fingerprint density at radius 3 is 2.76 bits per heavy atom. The average Bonchev–Trinajstić information content (AvgIpc) is 3.46. The fourth-order valence-electron chi connectivity index (χ4n) is 4.25. The van der Waals surface area contributed by atoms with Crippen LogP contribution in [0.3, 0.4) is 0 Å². The Balaban J connectivity index is 1.28. The number of ether oxygens (including phenoxy) is 1. The van der Waals surface area contributed by atoms with Gasteiger partial charge in [-0.05, 0) is 68.4 Å². The van der Waals surface area contributed by atoms with Crippen molar-refractivity contribution in [2.45, 2.75) is 63.1 Å². The minimum absolute atomic E-state index is 0.130. The van der Waals surface area contributed by atoms with Gasteiger partial charge < -0.3 is 25.8 Å². The van der Waals surface area contributed by atoms with E-state index in [2.05, 4.69) is 25.3 Å². The van der Waals surface area contributed by atoms with Crippen molar-refractivity contribution in [2.24, 2.45) is 0 Å². The van der Waals surface area contributed by atoms with Gasteiger partial charge in [0, 0.05) is 31.4 Å². The molecule has 1 saturated carbocycles. The van der Waals surface area contributed by atoms with Gasteiger partial charge in [0.2, 0.25) is 5.95 Å². The van der Waals surface area contributed by atoms with E-state index in [4.69, 9.17) is 9.72 Å². The molecular formula is C22H28N6O3S2. The monoisotopic (exact) mass is 488 g/mol. The Bertz CT molecular complexity index is 1110. The lowest BCUT2D eigenvalue weighted by Gasteiger charge is -2.33. The van der Waals surface area contributed by atoms with Crippen LogP contribution in [0.5, 0.6) is 0 Å². The predicted molar refractivity (Wildman–Crippen MR) is 131 cm³/mol. The molecule has 0 radical (unpaired) electrons. The summed E-state index contributed by atoms with van der Waals surface area (Å²) < 4.78 is 10.7. The number of carbonyl (C=O) groups is 1. The third kappa shape index (κ3) is 5.43. The van der Waals surface area contributed by atoms with Crippen molar-refractivity contribution in [3.05, 3.63) is 23.2 Å². The number of fused-ring (bicyclic) bond motifs is 1. The summed E-state index contributed by atoms with van der Waals surface area (Å²) in [6.45, 7) is 3.25. The molecule has 1 aliphatic carbocycles. The lowest BCUT2D eigenvalue weighted by atomic mass is 9.84. The molecule has 4 heterocycles. The number of nitrogens with one attached hydrogen (secondary N) is 3. The molecule has 0 aromatic carbocycles. The van der Waals surface area contributed by atoms with Crippen LogP contribution in [0.4, 0.5) is 16.8 Å². The van der Waals surface area contributed by atoms with Gasteiger partial charge in [-0.3, -0.25) is 4.79 Å². The first-order chi connectivity index (χ1) is 15.9. The van der Waals surface area contributed by atoms with Gasteiger partial charge in [0.1, 0.15) is 16.5 Å². The Kier molecular flexibility index (Phi) is 6.46. The van der Waals surface area contributed by atoms with Crippen molar-refractivity contribution in [3.8, 4) is 0 Å². The number of amides is 1. The summed E-state index contributed by atoms with van der Waals surface area (Å²) in [5.41, 5.74) is 0.679. The third-order valence-electron chi connectivity index (χ3n) is 6.24. The van der Waals surface area contributed by atoms with E-state index in [1.54, 1.807) is 17.4 Å². The molecule has 9 nitrogen and oxygen atoms in total. The summed E-state index contributed by atoms with van der Waals surface area (Å²) in [4.78, 5) is 21.9. The number of thiophene rings is 1. The predicted octanol–water partition coefficient (Wildman–Crippen LogP) is 3.91. The number of nitrogens with zero attached hydrogens (tertiary/aromatic N) is 3. The maximum atomic E-state index is 12.5. The highest BCUT2D eigenvalue weighted by Crippen LogP contribution is 2.33. The normalized spacial score (nSPS) is 24.0. The Morgan fingerprint density at radius 1 is 1.18 bits per heavy atom. The second-order valence-electron chi connectivity index (χ2n) is 9.01. The minimum Gasteiger partial charge on any atom is -0.390 e. The van der Waals surface area contributed by atoms with E-state index in [0.717, 1.165) is 54.6 Å². The highest BCUT2D eigenvalue weighted by molar-refractivity contribution is 7.17. The van der Waals surface area contributed by atoms with Crippen molar-refractivity contribution < 1.29 is 14.6 Å². The number of rotatable bonds is 6. The molecule has 0 bridgehead atoms. The van der Waals surface area contributed by atoms with E-state index >= 15 is 0 Å². The molecule has 33 heavy (non-hydrogen) atoms. The molecule has 2 fully saturated rings. The van der Waals surface area contributed by atoms with Gasteiger partial charge in [-0.2, -0.15) is 9.36 Å². The Morgan fingerprint density at radius 2 is 1.97 bits per heavy atom. The van der Waals surface area contributed by atoms with Crippen LogP contribution in [0.1, 0.15) is 55.9 Å². The molecule has 2 aliphatic rings. The Labute approximate surface area is 200 Å². The van der Waals surface area contributed by atoms with Gasteiger partial charge in [0.15, 0.2) is 0 Å². The van der Waals surface area contributed by atoms with Crippen molar-refractivity contribution in [1.29, 1.82) is 0 Å². The van der Waals surface area contributed by atoms with Crippen LogP contribution < -0.4 is 16.0 Å². The maximum absolute atomic E-state index is 12.5. The zero-order valence-corrected chi connectivity index (χ0v) is 20.1. The molecule has 0 atom stereocenters. The van der Waals surface area contributed by atoms with Crippen LogP contribution in [0, 0.1) is 0 Å². The second kappa shape index (κ2) is 9.49. The maximum Gasteiger partial charge on any atom is 0.271 e. The quantitative estimate of drug-likeness (QED) is 0.412. The van der Waals surface area contributed by atoms with Gasteiger partial charge in [-0.1, -0.05) is 0 Å². The van der Waals surface area contributed by atoms with E-state index in [1.165, 1.54) is 11.5 Å². The molecule has 1 saturated heterocycles. The largest absolute Gasteiger partial charge is 0.390 e. The molecule has 0 spiro atoms. The minimum atomic E-state index is -0.574. The van der Waals surface area contributed by atoms with E-state index < -0.39 is 5.60 Å². The SMILES string of the molecule is CC1(O)CCC(Nc2nc(Nc3cc(C(=O)NC4CCOCC4)ns3)nc3ccsc23)CC1. The summed E-state index contributed by atoms with van der Waals surface area (Å²) in [6, 6.07) is 4.10. The zero-order valence-electron chi connectivity index (χ0n) is 18.5. The van der Waals surface area contributed by atoms with Crippen molar-refractivity contribution in [3.63, 3.8) is 0 Å². The third-order valence-corrected chi connectivity index (χ3v) is 7.86. The molecule has 4 N–H and O–H groups in total. The van der Waals surface area contributed by atoms with Gasteiger partial charge in [-0.15, -0.1) is 11.3 Å². The first kappa shape index (κ1) is 22.5. The molecule has 3 aromatic heterocycles. The smallest absolute Gasteiger partial charge is 0.271 e. The number of hydrogen-bond acceptors (Lipinski definition) is 10. The molecule has 176 valence electrons. The van der Waals surface area contributed by atoms with Crippen LogP contribution >= 0.6 is 22.9 Å². The standard InChI is InChI=1S/C22H28N6O3S2/c1-22(30)7-2-13(3-8-22)23-19-18-15(6-11-32-18)25-21(27-19)26-17-12-16(28-33-17)20(29)24-14-4-9-31-10-5-14/h6,11-14,30H,2-5,7-10H2,1H3,(H,24,29)(H2,23,25,26,27). The molecular weight excluding hydrogens is 460 g/mol. The van der Waals surface area contributed by atoms with E-state index in [1.807, 2.05) is 18.4 Å². The summed E-state index contributed by atoms with van der Waals surface area (Å²) >= 11 is 2.82. The number of anilines is 3. The molecule has 5 rings (SSSR count). The average molecular weight is 489 g/mol. The van der Waals surface area contributed by atoms with Crippen molar-refractivity contribution in [2.75, 3.05) is 23.8 Å². The number of aromatic nitrogens is 3. The molecule has 11 heteroatoms.